The Morgan fingerprint density at radius 3 is 1.42 bits per heavy atom. The van der Waals surface area contributed by atoms with E-state index in [0.717, 1.165) is 19.0 Å². The average molecular weight is 377 g/mol. The molecule has 0 amide bonds. The van der Waals surface area contributed by atoms with E-state index in [1.54, 1.807) is 0 Å². The van der Waals surface area contributed by atoms with Gasteiger partial charge in [-0.25, -0.2) is 0 Å². The van der Waals surface area contributed by atoms with Gasteiger partial charge in [-0.1, -0.05) is 0 Å². The van der Waals surface area contributed by atoms with E-state index >= 15 is 0 Å². The summed E-state index contributed by atoms with van der Waals surface area (Å²) in [6, 6.07) is 32.1. The van der Waals surface area contributed by atoms with Crippen LogP contribution in [0.5, 0.6) is 0 Å². The van der Waals surface area contributed by atoms with Gasteiger partial charge in [0.05, 0.1) is 0 Å². The minimum atomic E-state index is -2.95. The van der Waals surface area contributed by atoms with E-state index < -0.39 is 5.81 Å². The van der Waals surface area contributed by atoms with Gasteiger partial charge in [-0.2, -0.15) is 0 Å². The molecule has 0 N–H and O–H groups in total. The zero-order chi connectivity index (χ0) is 18.3. The molecule has 0 unspecified atom stereocenters. The molecular weight excluding hydrogens is 353 g/mol. The predicted molar refractivity (Wildman–Crippen MR) is 118 cm³/mol. The van der Waals surface area contributed by atoms with Crippen LogP contribution in [0.15, 0.2) is 91.0 Å². The Labute approximate surface area is 160 Å². The molecule has 0 radical (unpaired) electrons. The van der Waals surface area contributed by atoms with Crippen molar-refractivity contribution in [1.82, 2.24) is 0 Å². The number of nitrogens with zero attached hydrogens (tertiary/aromatic N) is 1. The first-order valence-corrected chi connectivity index (χ1v) is 12.9. The summed E-state index contributed by atoms with van der Waals surface area (Å²) in [5.74, 6) is -2.95. The molecule has 1 nitrogen and oxygen atoms in total. The molecule has 0 fully saturated rings. The third-order valence-electron chi connectivity index (χ3n) is 5.09. The molecule has 0 saturated carbocycles. The van der Waals surface area contributed by atoms with Crippen molar-refractivity contribution < 1.29 is 0 Å². The summed E-state index contributed by atoms with van der Waals surface area (Å²) in [6.07, 6.45) is 3.19. The van der Waals surface area contributed by atoms with Crippen molar-refractivity contribution >= 4 is 33.1 Å². The minimum absolute atomic E-state index is 0.998. The Balaban J connectivity index is 2.48. The molecule has 0 atom stereocenters. The third kappa shape index (κ3) is 2.96. The average Bonchev–Trinajstić information content (AvgIpc) is 2.73. The fraction of sp³-hybridized carbons (Fsp3) is 0.174. The number of hydrogen-bond acceptors (Lipinski definition) is 2. The summed E-state index contributed by atoms with van der Waals surface area (Å²) in [7, 11) is 0. The van der Waals surface area contributed by atoms with E-state index in [9.17, 15) is 5.26 Å². The summed E-state index contributed by atoms with van der Waals surface area (Å²) in [5.41, 5.74) is 0. The monoisotopic (exact) mass is 377 g/mol. The molecule has 0 bridgehead atoms. The zero-order valence-electron chi connectivity index (χ0n) is 15.1. The molecule has 0 aromatic heterocycles. The molecule has 3 aromatic rings. The second-order valence-electron chi connectivity index (χ2n) is 6.48. The van der Waals surface area contributed by atoms with Crippen molar-refractivity contribution in [2.45, 2.75) is 19.8 Å². The van der Waals surface area contributed by atoms with Crippen LogP contribution in [0.4, 0.5) is 0 Å². The van der Waals surface area contributed by atoms with Crippen LogP contribution in [-0.4, -0.2) is 6.16 Å². The molecule has 0 aliphatic heterocycles. The molecule has 0 saturated heterocycles. The molecule has 0 spiro atoms. The quantitative estimate of drug-likeness (QED) is 0.404. The molecular formula is C23H24NPS. The first-order chi connectivity index (χ1) is 12.8. The summed E-state index contributed by atoms with van der Waals surface area (Å²) in [4.78, 5) is 0. The van der Waals surface area contributed by atoms with Gasteiger partial charge in [0.15, 0.2) is 0 Å². The first-order valence-electron chi connectivity index (χ1n) is 9.04. The summed E-state index contributed by atoms with van der Waals surface area (Å²) < 4.78 is 0. The first kappa shape index (κ1) is 18.7. The van der Waals surface area contributed by atoms with Crippen LogP contribution in [-0.2, 0) is 0 Å². The van der Waals surface area contributed by atoms with Gasteiger partial charge in [-0.3, -0.25) is 0 Å². The topological polar surface area (TPSA) is 23.8 Å². The Morgan fingerprint density at radius 1 is 0.731 bits per heavy atom. The second kappa shape index (κ2) is 8.09. The van der Waals surface area contributed by atoms with Crippen LogP contribution in [0.3, 0.4) is 0 Å². The Morgan fingerprint density at radius 2 is 1.12 bits per heavy atom. The summed E-state index contributed by atoms with van der Waals surface area (Å²) in [6.45, 7) is 2.23. The van der Waals surface area contributed by atoms with E-state index in [-0.39, 0.29) is 0 Å². The third-order valence-corrected chi connectivity index (χ3v) is 14.8. The van der Waals surface area contributed by atoms with Crippen LogP contribution >= 0.6 is 17.2 Å². The van der Waals surface area contributed by atoms with E-state index in [4.69, 9.17) is 0 Å². The van der Waals surface area contributed by atoms with Gasteiger partial charge >= 0.3 is 161 Å². The molecule has 132 valence electrons. The van der Waals surface area contributed by atoms with Crippen LogP contribution in [0, 0.1) is 10.7 Å². The maximum absolute atomic E-state index is 10.00. The Kier molecular flexibility index (Phi) is 5.82. The van der Waals surface area contributed by atoms with Crippen LogP contribution in [0.2, 0.25) is 0 Å². The van der Waals surface area contributed by atoms with E-state index in [0.29, 0.717) is 0 Å². The SMILES string of the molecule is CCCCP(SC#N)(c1ccccc1)(c1ccccc1)c1ccccc1. The Hall–Kier alpha value is -2.07. The molecule has 0 aliphatic carbocycles. The molecule has 3 rings (SSSR count). The van der Waals surface area contributed by atoms with Gasteiger partial charge in [-0.05, 0) is 0 Å². The van der Waals surface area contributed by atoms with Gasteiger partial charge in [0.25, 0.3) is 0 Å². The van der Waals surface area contributed by atoms with Crippen molar-refractivity contribution in [3.05, 3.63) is 91.0 Å². The van der Waals surface area contributed by atoms with Crippen molar-refractivity contribution in [3.63, 3.8) is 0 Å². The molecule has 0 aliphatic rings. The van der Waals surface area contributed by atoms with Gasteiger partial charge in [-0.15, -0.1) is 0 Å². The number of thiocyanates is 1. The molecule has 3 heteroatoms. The second-order valence-corrected chi connectivity index (χ2v) is 14.2. The van der Waals surface area contributed by atoms with Crippen LogP contribution in [0.1, 0.15) is 19.8 Å². The zero-order valence-corrected chi connectivity index (χ0v) is 16.8. The number of unbranched alkanes of at least 4 members (excludes halogenated alkanes) is 1. The van der Waals surface area contributed by atoms with Gasteiger partial charge in [0.1, 0.15) is 0 Å². The Bertz CT molecular complexity index is 773. The van der Waals surface area contributed by atoms with Crippen molar-refractivity contribution in [2.24, 2.45) is 0 Å². The van der Waals surface area contributed by atoms with Crippen molar-refractivity contribution in [2.75, 3.05) is 6.16 Å². The fourth-order valence-corrected chi connectivity index (χ4v) is 12.6. The van der Waals surface area contributed by atoms with Gasteiger partial charge < -0.3 is 0 Å². The number of hydrogen-bond donors (Lipinski definition) is 0. The fourth-order valence-electron chi connectivity index (χ4n) is 3.82. The molecule has 26 heavy (non-hydrogen) atoms. The summed E-state index contributed by atoms with van der Waals surface area (Å²) >= 11 is 1.51. The predicted octanol–water partition coefficient (Wildman–Crippen LogP) is 5.45. The van der Waals surface area contributed by atoms with E-state index in [1.165, 1.54) is 27.3 Å². The maximum atomic E-state index is 10.00. The van der Waals surface area contributed by atoms with Crippen molar-refractivity contribution in [3.8, 4) is 5.40 Å². The number of benzene rings is 3. The number of rotatable bonds is 7. The van der Waals surface area contributed by atoms with E-state index in [2.05, 4.69) is 103 Å². The normalized spacial score (nSPS) is 12.7. The van der Waals surface area contributed by atoms with Gasteiger partial charge in [0.2, 0.25) is 0 Å². The summed E-state index contributed by atoms with van der Waals surface area (Å²) in [5, 5.41) is 16.4. The van der Waals surface area contributed by atoms with Crippen LogP contribution in [0.25, 0.3) is 0 Å². The van der Waals surface area contributed by atoms with Crippen molar-refractivity contribution in [1.29, 1.82) is 5.26 Å². The molecule has 0 heterocycles. The van der Waals surface area contributed by atoms with Crippen LogP contribution < -0.4 is 15.9 Å². The van der Waals surface area contributed by atoms with E-state index in [1.807, 2.05) is 0 Å². The standard InChI is InChI=1S/C23H24NPS/c1-2-3-19-25(26-20-24,21-13-7-4-8-14-21,22-15-9-5-10-16-22)23-17-11-6-12-18-23/h4-18H,2-3,19H2,1H3. The molecule has 3 aromatic carbocycles. The number of nitriles is 1. The van der Waals surface area contributed by atoms with Gasteiger partial charge in [0, 0.05) is 0 Å².